The van der Waals surface area contributed by atoms with E-state index in [2.05, 4.69) is 56.4 Å². The fourth-order valence-corrected chi connectivity index (χ4v) is 2.94. The van der Waals surface area contributed by atoms with E-state index < -0.39 is 0 Å². The molecule has 3 aromatic rings. The van der Waals surface area contributed by atoms with Crippen LogP contribution in [0.2, 0.25) is 0 Å². The number of carbonyl (C=O) groups excluding carboxylic acids is 1. The average Bonchev–Trinajstić information content (AvgIpc) is 3.21. The molecule has 0 spiro atoms. The topological polar surface area (TPSA) is 117 Å². The molecule has 4 rings (SSSR count). The van der Waals surface area contributed by atoms with E-state index in [-0.39, 0.29) is 17.1 Å². The van der Waals surface area contributed by atoms with Gasteiger partial charge in [-0.1, -0.05) is 20.8 Å². The van der Waals surface area contributed by atoms with E-state index in [1.165, 1.54) is 6.33 Å². The lowest BCUT2D eigenvalue weighted by Crippen LogP contribution is -2.52. The summed E-state index contributed by atoms with van der Waals surface area (Å²) < 4.78 is 1.81. The normalized spacial score (nSPS) is 15.3. The summed E-state index contributed by atoms with van der Waals surface area (Å²) in [7, 11) is 0. The number of amides is 1. The first-order valence-electron chi connectivity index (χ1n) is 8.53. The summed E-state index contributed by atoms with van der Waals surface area (Å²) in [6.45, 7) is 8.54. The van der Waals surface area contributed by atoms with Crippen LogP contribution in [0.15, 0.2) is 18.5 Å². The number of aromatic nitrogens is 7. The van der Waals surface area contributed by atoms with Gasteiger partial charge in [0.05, 0.1) is 0 Å². The van der Waals surface area contributed by atoms with E-state index in [4.69, 9.17) is 5.10 Å². The highest BCUT2D eigenvalue weighted by molar-refractivity contribution is 5.90. The van der Waals surface area contributed by atoms with Gasteiger partial charge in [0, 0.05) is 31.0 Å². The van der Waals surface area contributed by atoms with Gasteiger partial charge in [0.1, 0.15) is 12.1 Å². The number of nitrogens with one attached hydrogen (secondary N) is 2. The second-order valence-electron chi connectivity index (χ2n) is 7.55. The van der Waals surface area contributed by atoms with E-state index in [0.29, 0.717) is 12.5 Å². The Morgan fingerprint density at radius 3 is 2.81 bits per heavy atom. The number of H-pyrrole nitrogens is 1. The van der Waals surface area contributed by atoms with Gasteiger partial charge in [0.25, 0.3) is 5.91 Å². The van der Waals surface area contributed by atoms with Crippen molar-refractivity contribution in [3.8, 4) is 0 Å². The van der Waals surface area contributed by atoms with Gasteiger partial charge in [-0.3, -0.25) is 9.89 Å². The smallest absolute Gasteiger partial charge is 0.288 e. The fraction of sp³-hybridized carbons (Fsp3) is 0.500. The molecule has 1 fully saturated rings. The Morgan fingerprint density at radius 1 is 1.31 bits per heavy atom. The molecule has 2 N–H and O–H groups in total. The number of carbonyl (C=O) groups is 1. The summed E-state index contributed by atoms with van der Waals surface area (Å²) in [5, 5.41) is 22.3. The van der Waals surface area contributed by atoms with E-state index in [1.54, 1.807) is 0 Å². The molecule has 136 valence electrons. The Labute approximate surface area is 150 Å². The Hall–Kier alpha value is -3.04. The number of nitrogens with zero attached hydrogens (tertiary/aromatic N) is 7. The zero-order valence-corrected chi connectivity index (χ0v) is 15.0. The molecule has 10 nitrogen and oxygen atoms in total. The molecule has 10 heteroatoms. The first-order chi connectivity index (χ1) is 12.4. The summed E-state index contributed by atoms with van der Waals surface area (Å²) in [6.07, 6.45) is 1.32. The molecule has 0 aliphatic carbocycles. The number of hydrogen-bond donors (Lipinski definition) is 2. The molecule has 0 unspecified atom stereocenters. The van der Waals surface area contributed by atoms with Crippen LogP contribution in [0.5, 0.6) is 0 Å². The summed E-state index contributed by atoms with van der Waals surface area (Å²) in [4.78, 5) is 17.9. The van der Waals surface area contributed by atoms with Crippen LogP contribution in [0.4, 0.5) is 5.82 Å². The SMILES string of the molecule is CC(C)(C)c1nnc2ccc(N3CC(CNC(=O)c4ncn[nH]4)C3)nn12. The Bertz CT molecular complexity index is 919. The maximum atomic E-state index is 11.9. The molecule has 0 aromatic carbocycles. The highest BCUT2D eigenvalue weighted by atomic mass is 16.2. The minimum atomic E-state index is -0.236. The second kappa shape index (κ2) is 6.04. The fourth-order valence-electron chi connectivity index (χ4n) is 2.94. The summed E-state index contributed by atoms with van der Waals surface area (Å²) in [6, 6.07) is 3.89. The van der Waals surface area contributed by atoms with Gasteiger partial charge in [0.2, 0.25) is 5.82 Å². The van der Waals surface area contributed by atoms with Crippen LogP contribution in [-0.4, -0.2) is 60.5 Å². The van der Waals surface area contributed by atoms with Gasteiger partial charge in [-0.25, -0.2) is 4.98 Å². The molecule has 1 amide bonds. The Balaban J connectivity index is 1.39. The van der Waals surface area contributed by atoms with Crippen molar-refractivity contribution in [1.82, 2.24) is 40.3 Å². The van der Waals surface area contributed by atoms with Crippen molar-refractivity contribution in [2.45, 2.75) is 26.2 Å². The molecular weight excluding hydrogens is 334 g/mol. The van der Waals surface area contributed by atoms with Gasteiger partial charge in [-0.05, 0) is 12.1 Å². The van der Waals surface area contributed by atoms with Crippen LogP contribution >= 0.6 is 0 Å². The van der Waals surface area contributed by atoms with Gasteiger partial charge in [-0.2, -0.15) is 9.61 Å². The van der Waals surface area contributed by atoms with Crippen LogP contribution in [-0.2, 0) is 5.41 Å². The highest BCUT2D eigenvalue weighted by Gasteiger charge is 2.29. The molecule has 0 atom stereocenters. The Morgan fingerprint density at radius 2 is 2.12 bits per heavy atom. The lowest BCUT2D eigenvalue weighted by atomic mass is 9.96. The predicted molar refractivity (Wildman–Crippen MR) is 93.9 cm³/mol. The third-order valence-corrected chi connectivity index (χ3v) is 4.38. The summed E-state index contributed by atoms with van der Waals surface area (Å²) in [5.41, 5.74) is 0.614. The molecular formula is C16H21N9O. The van der Waals surface area contributed by atoms with Gasteiger partial charge >= 0.3 is 0 Å². The first kappa shape index (κ1) is 16.4. The molecule has 0 bridgehead atoms. The third-order valence-electron chi connectivity index (χ3n) is 4.38. The molecule has 0 radical (unpaired) electrons. The van der Waals surface area contributed by atoms with Crippen LogP contribution in [0.25, 0.3) is 5.65 Å². The number of hydrogen-bond acceptors (Lipinski definition) is 7. The number of rotatable bonds is 4. The monoisotopic (exact) mass is 355 g/mol. The lowest BCUT2D eigenvalue weighted by molar-refractivity contribution is 0.0934. The molecule has 1 saturated heterocycles. The zero-order chi connectivity index (χ0) is 18.3. The van der Waals surface area contributed by atoms with Crippen molar-refractivity contribution in [1.29, 1.82) is 0 Å². The van der Waals surface area contributed by atoms with Crippen LogP contribution < -0.4 is 10.2 Å². The van der Waals surface area contributed by atoms with E-state index in [9.17, 15) is 4.79 Å². The van der Waals surface area contributed by atoms with Crippen LogP contribution in [0.1, 0.15) is 37.2 Å². The summed E-state index contributed by atoms with van der Waals surface area (Å²) in [5.74, 6) is 2.10. The van der Waals surface area contributed by atoms with Crippen molar-refractivity contribution in [2.24, 2.45) is 5.92 Å². The van der Waals surface area contributed by atoms with E-state index in [0.717, 1.165) is 30.4 Å². The molecule has 1 aliphatic heterocycles. The van der Waals surface area contributed by atoms with Gasteiger partial charge < -0.3 is 10.2 Å². The summed E-state index contributed by atoms with van der Waals surface area (Å²) >= 11 is 0. The van der Waals surface area contributed by atoms with Crippen molar-refractivity contribution in [3.63, 3.8) is 0 Å². The average molecular weight is 355 g/mol. The number of fused-ring (bicyclic) bond motifs is 1. The quantitative estimate of drug-likeness (QED) is 0.696. The number of anilines is 1. The standard InChI is InChI=1S/C16H21N9O/c1-16(2,3)15-22-20-11-4-5-12(23-25(11)15)24-7-10(8-24)6-17-14(26)13-18-9-19-21-13/h4-5,9-10H,6-8H2,1-3H3,(H,17,26)(H,18,19,21). The zero-order valence-electron chi connectivity index (χ0n) is 15.0. The molecule has 0 saturated carbocycles. The lowest BCUT2D eigenvalue weighted by Gasteiger charge is -2.40. The largest absolute Gasteiger partial charge is 0.354 e. The van der Waals surface area contributed by atoms with Gasteiger partial charge in [0.15, 0.2) is 11.5 Å². The number of aromatic amines is 1. The molecule has 26 heavy (non-hydrogen) atoms. The second-order valence-corrected chi connectivity index (χ2v) is 7.55. The van der Waals surface area contributed by atoms with Gasteiger partial charge in [-0.15, -0.1) is 15.3 Å². The maximum Gasteiger partial charge on any atom is 0.288 e. The van der Waals surface area contributed by atoms with Crippen LogP contribution in [0.3, 0.4) is 0 Å². The third kappa shape index (κ3) is 2.98. The highest BCUT2D eigenvalue weighted by Crippen LogP contribution is 2.25. The Kier molecular flexibility index (Phi) is 3.82. The van der Waals surface area contributed by atoms with Crippen molar-refractivity contribution in [2.75, 3.05) is 24.5 Å². The van der Waals surface area contributed by atoms with Crippen LogP contribution in [0, 0.1) is 5.92 Å². The molecule has 4 heterocycles. The molecule has 3 aromatic heterocycles. The minimum absolute atomic E-state index is 0.131. The van der Waals surface area contributed by atoms with Crippen molar-refractivity contribution < 1.29 is 4.79 Å². The predicted octanol–water partition coefficient (Wildman–Crippen LogP) is 0.406. The molecule has 1 aliphatic rings. The van der Waals surface area contributed by atoms with Crippen molar-refractivity contribution >= 4 is 17.4 Å². The van der Waals surface area contributed by atoms with E-state index >= 15 is 0 Å². The van der Waals surface area contributed by atoms with E-state index in [1.807, 2.05) is 16.6 Å². The first-order valence-corrected chi connectivity index (χ1v) is 8.53. The van der Waals surface area contributed by atoms with Crippen molar-refractivity contribution in [3.05, 3.63) is 30.1 Å². The minimum Gasteiger partial charge on any atom is -0.354 e. The maximum absolute atomic E-state index is 11.9.